The van der Waals surface area contributed by atoms with Crippen molar-refractivity contribution in [2.24, 2.45) is 5.92 Å². The van der Waals surface area contributed by atoms with Gasteiger partial charge in [0.05, 0.1) is 0 Å². The zero-order chi connectivity index (χ0) is 13.7. The Balaban J connectivity index is 2.11. The zero-order valence-electron chi connectivity index (χ0n) is 12.4. The molecule has 0 aliphatic carbocycles. The van der Waals surface area contributed by atoms with E-state index in [9.17, 15) is 0 Å². The first kappa shape index (κ1) is 14.1. The fraction of sp³-hybridized carbons (Fsp3) is 0.444. The minimum absolute atomic E-state index is 0.785. The second kappa shape index (κ2) is 6.72. The molecule has 19 heavy (non-hydrogen) atoms. The van der Waals surface area contributed by atoms with Gasteiger partial charge in [-0.3, -0.25) is 0 Å². The molecule has 1 N–H and O–H groups in total. The van der Waals surface area contributed by atoms with Crippen LogP contribution >= 0.6 is 0 Å². The van der Waals surface area contributed by atoms with Crippen molar-refractivity contribution in [3.63, 3.8) is 0 Å². The lowest BCUT2D eigenvalue weighted by Gasteiger charge is -2.13. The molecule has 0 saturated heterocycles. The van der Waals surface area contributed by atoms with Crippen LogP contribution in [0, 0.1) is 12.8 Å². The Kier molecular flexibility index (Phi) is 4.98. The summed E-state index contributed by atoms with van der Waals surface area (Å²) in [7, 11) is 2.03. The third-order valence-corrected chi connectivity index (χ3v) is 4.03. The quantitative estimate of drug-likeness (QED) is 0.810. The van der Waals surface area contributed by atoms with Crippen LogP contribution in [-0.2, 0) is 6.42 Å². The maximum atomic E-state index is 3.23. The summed E-state index contributed by atoms with van der Waals surface area (Å²) in [5, 5.41) is 6.07. The van der Waals surface area contributed by atoms with Gasteiger partial charge >= 0.3 is 0 Å². The van der Waals surface area contributed by atoms with Gasteiger partial charge in [-0.05, 0) is 67.6 Å². The first-order chi connectivity index (χ1) is 9.22. The van der Waals surface area contributed by atoms with Crippen LogP contribution in [-0.4, -0.2) is 13.6 Å². The minimum Gasteiger partial charge on any atom is -0.320 e. The summed E-state index contributed by atoms with van der Waals surface area (Å²) in [5.74, 6) is 0.785. The molecule has 0 fully saturated rings. The van der Waals surface area contributed by atoms with Gasteiger partial charge < -0.3 is 5.32 Å². The molecule has 2 aromatic rings. The Labute approximate surface area is 117 Å². The highest BCUT2D eigenvalue weighted by Crippen LogP contribution is 2.24. The van der Waals surface area contributed by atoms with Gasteiger partial charge in [0, 0.05) is 0 Å². The minimum atomic E-state index is 0.785. The molecule has 0 bridgehead atoms. The average molecular weight is 255 g/mol. The van der Waals surface area contributed by atoms with E-state index in [0.717, 1.165) is 12.5 Å². The highest BCUT2D eigenvalue weighted by atomic mass is 14.8. The second-order valence-electron chi connectivity index (χ2n) is 5.62. The third-order valence-electron chi connectivity index (χ3n) is 4.03. The Morgan fingerprint density at radius 2 is 1.74 bits per heavy atom. The van der Waals surface area contributed by atoms with Crippen molar-refractivity contribution in [1.82, 2.24) is 5.32 Å². The molecule has 0 heterocycles. The standard InChI is InChI=1S/C18H25N/c1-14(12-13-19-3)8-10-16-11-9-15(2)17-6-4-5-7-18(16)17/h4-7,9,11,14,19H,8,10,12-13H2,1-3H3. The monoisotopic (exact) mass is 255 g/mol. The van der Waals surface area contributed by atoms with Gasteiger partial charge in [-0.2, -0.15) is 0 Å². The molecule has 1 unspecified atom stereocenters. The molecule has 0 saturated carbocycles. The van der Waals surface area contributed by atoms with Crippen molar-refractivity contribution in [2.75, 3.05) is 13.6 Å². The molecular formula is C18H25N. The van der Waals surface area contributed by atoms with E-state index in [2.05, 4.69) is 55.6 Å². The Morgan fingerprint density at radius 3 is 2.47 bits per heavy atom. The fourth-order valence-corrected chi connectivity index (χ4v) is 2.67. The molecular weight excluding hydrogens is 230 g/mol. The largest absolute Gasteiger partial charge is 0.320 e. The summed E-state index contributed by atoms with van der Waals surface area (Å²) in [4.78, 5) is 0. The molecule has 102 valence electrons. The highest BCUT2D eigenvalue weighted by molar-refractivity contribution is 5.88. The lowest BCUT2D eigenvalue weighted by Crippen LogP contribution is -2.12. The Bertz CT molecular complexity index is 530. The fourth-order valence-electron chi connectivity index (χ4n) is 2.67. The van der Waals surface area contributed by atoms with Crippen LogP contribution in [0.4, 0.5) is 0 Å². The van der Waals surface area contributed by atoms with E-state index < -0.39 is 0 Å². The lowest BCUT2D eigenvalue weighted by molar-refractivity contribution is 0.482. The SMILES string of the molecule is CNCCC(C)CCc1ccc(C)c2ccccc12. The normalized spacial score (nSPS) is 12.8. The molecule has 0 aliphatic rings. The van der Waals surface area contributed by atoms with Gasteiger partial charge in [0.25, 0.3) is 0 Å². The van der Waals surface area contributed by atoms with Crippen molar-refractivity contribution in [2.45, 2.75) is 33.1 Å². The number of fused-ring (bicyclic) bond motifs is 1. The van der Waals surface area contributed by atoms with E-state index in [1.54, 1.807) is 0 Å². The smallest absolute Gasteiger partial charge is 0.00494 e. The van der Waals surface area contributed by atoms with Crippen molar-refractivity contribution in [3.05, 3.63) is 47.5 Å². The molecule has 0 amide bonds. The van der Waals surface area contributed by atoms with Crippen molar-refractivity contribution in [1.29, 1.82) is 0 Å². The second-order valence-corrected chi connectivity index (χ2v) is 5.62. The zero-order valence-corrected chi connectivity index (χ0v) is 12.4. The first-order valence-electron chi connectivity index (χ1n) is 7.34. The average Bonchev–Trinajstić information content (AvgIpc) is 2.45. The first-order valence-corrected chi connectivity index (χ1v) is 7.34. The van der Waals surface area contributed by atoms with Crippen LogP contribution in [0.3, 0.4) is 0 Å². The summed E-state index contributed by atoms with van der Waals surface area (Å²) in [6, 6.07) is 13.3. The van der Waals surface area contributed by atoms with Crippen LogP contribution in [0.1, 0.15) is 30.9 Å². The molecule has 0 radical (unpaired) electrons. The Morgan fingerprint density at radius 1 is 1.00 bits per heavy atom. The van der Waals surface area contributed by atoms with E-state index >= 15 is 0 Å². The van der Waals surface area contributed by atoms with Crippen molar-refractivity contribution in [3.8, 4) is 0 Å². The van der Waals surface area contributed by atoms with E-state index in [-0.39, 0.29) is 0 Å². The van der Waals surface area contributed by atoms with E-state index in [1.807, 2.05) is 7.05 Å². The highest BCUT2D eigenvalue weighted by Gasteiger charge is 2.06. The van der Waals surface area contributed by atoms with Gasteiger partial charge in [-0.25, -0.2) is 0 Å². The van der Waals surface area contributed by atoms with Crippen molar-refractivity contribution < 1.29 is 0 Å². The number of nitrogens with one attached hydrogen (secondary N) is 1. The van der Waals surface area contributed by atoms with Crippen LogP contribution < -0.4 is 5.32 Å². The molecule has 1 heteroatoms. The maximum absolute atomic E-state index is 3.23. The Hall–Kier alpha value is -1.34. The predicted molar refractivity (Wildman–Crippen MR) is 84.7 cm³/mol. The molecule has 0 aliphatic heterocycles. The van der Waals surface area contributed by atoms with Gasteiger partial charge in [0.15, 0.2) is 0 Å². The summed E-state index contributed by atoms with van der Waals surface area (Å²) < 4.78 is 0. The van der Waals surface area contributed by atoms with Gasteiger partial charge in [0.1, 0.15) is 0 Å². The molecule has 0 spiro atoms. The van der Waals surface area contributed by atoms with E-state index in [4.69, 9.17) is 0 Å². The van der Waals surface area contributed by atoms with Gasteiger partial charge in [-0.15, -0.1) is 0 Å². The topological polar surface area (TPSA) is 12.0 Å². The number of hydrogen-bond acceptors (Lipinski definition) is 1. The molecule has 1 atom stereocenters. The number of rotatable bonds is 6. The molecule has 2 aromatic carbocycles. The maximum Gasteiger partial charge on any atom is -0.00494 e. The summed E-state index contributed by atoms with van der Waals surface area (Å²) in [6.45, 7) is 5.67. The lowest BCUT2D eigenvalue weighted by atomic mass is 9.93. The van der Waals surface area contributed by atoms with Crippen molar-refractivity contribution >= 4 is 10.8 Å². The summed E-state index contributed by atoms with van der Waals surface area (Å²) in [6.07, 6.45) is 3.72. The summed E-state index contributed by atoms with van der Waals surface area (Å²) in [5.41, 5.74) is 2.88. The van der Waals surface area contributed by atoms with Crippen LogP contribution in [0.25, 0.3) is 10.8 Å². The van der Waals surface area contributed by atoms with E-state index in [0.29, 0.717) is 0 Å². The number of hydrogen-bond donors (Lipinski definition) is 1. The molecule has 1 nitrogen and oxygen atoms in total. The number of benzene rings is 2. The van der Waals surface area contributed by atoms with Crippen LogP contribution in [0.2, 0.25) is 0 Å². The predicted octanol–water partition coefficient (Wildman–Crippen LogP) is 4.33. The summed E-state index contributed by atoms with van der Waals surface area (Å²) >= 11 is 0. The molecule has 2 rings (SSSR count). The van der Waals surface area contributed by atoms with Gasteiger partial charge in [-0.1, -0.05) is 43.3 Å². The van der Waals surface area contributed by atoms with Crippen LogP contribution in [0.5, 0.6) is 0 Å². The number of aryl methyl sites for hydroxylation is 2. The third kappa shape index (κ3) is 3.57. The van der Waals surface area contributed by atoms with Crippen LogP contribution in [0.15, 0.2) is 36.4 Å². The molecule has 0 aromatic heterocycles. The van der Waals surface area contributed by atoms with E-state index in [1.165, 1.54) is 41.2 Å². The van der Waals surface area contributed by atoms with Gasteiger partial charge in [0.2, 0.25) is 0 Å².